The van der Waals surface area contributed by atoms with E-state index in [2.05, 4.69) is 21.0 Å². The highest BCUT2D eigenvalue weighted by molar-refractivity contribution is 9.10. The van der Waals surface area contributed by atoms with Gasteiger partial charge in [0, 0.05) is 6.20 Å². The van der Waals surface area contributed by atoms with Crippen molar-refractivity contribution in [3.05, 3.63) is 44.9 Å². The SMILES string of the molecule is Cc1nn(-c2ccc(C#N)c(Br)c2F)cc1Cl. The zero-order chi connectivity index (χ0) is 12.6. The van der Waals surface area contributed by atoms with Crippen LogP contribution in [0.2, 0.25) is 5.02 Å². The Kier molecular flexibility index (Phi) is 3.18. The minimum Gasteiger partial charge on any atom is -0.236 e. The van der Waals surface area contributed by atoms with Crippen LogP contribution in [0.3, 0.4) is 0 Å². The van der Waals surface area contributed by atoms with Crippen molar-refractivity contribution in [1.82, 2.24) is 9.78 Å². The Morgan fingerprint density at radius 3 is 2.76 bits per heavy atom. The summed E-state index contributed by atoms with van der Waals surface area (Å²) >= 11 is 8.90. The number of halogens is 3. The average molecular weight is 315 g/mol. The molecule has 1 heterocycles. The van der Waals surface area contributed by atoms with Gasteiger partial charge in [-0.25, -0.2) is 9.07 Å². The van der Waals surface area contributed by atoms with E-state index in [0.717, 1.165) is 0 Å². The van der Waals surface area contributed by atoms with Gasteiger partial charge < -0.3 is 0 Å². The summed E-state index contributed by atoms with van der Waals surface area (Å²) in [6, 6.07) is 4.90. The van der Waals surface area contributed by atoms with E-state index in [9.17, 15) is 4.39 Å². The molecule has 0 atom stereocenters. The van der Waals surface area contributed by atoms with Gasteiger partial charge in [0.05, 0.1) is 20.8 Å². The monoisotopic (exact) mass is 313 g/mol. The van der Waals surface area contributed by atoms with Gasteiger partial charge in [-0.05, 0) is 35.0 Å². The summed E-state index contributed by atoms with van der Waals surface area (Å²) in [6.45, 7) is 1.73. The maximum atomic E-state index is 14.0. The van der Waals surface area contributed by atoms with Crippen LogP contribution < -0.4 is 0 Å². The Morgan fingerprint density at radius 1 is 1.53 bits per heavy atom. The highest BCUT2D eigenvalue weighted by atomic mass is 79.9. The van der Waals surface area contributed by atoms with Crippen LogP contribution >= 0.6 is 27.5 Å². The van der Waals surface area contributed by atoms with Gasteiger partial charge in [-0.1, -0.05) is 11.6 Å². The molecule has 0 aliphatic heterocycles. The summed E-state index contributed by atoms with van der Waals surface area (Å²) in [7, 11) is 0. The quantitative estimate of drug-likeness (QED) is 0.807. The normalized spacial score (nSPS) is 10.3. The van der Waals surface area contributed by atoms with Crippen LogP contribution in [0.15, 0.2) is 22.8 Å². The Balaban J connectivity index is 2.62. The molecule has 0 unspecified atom stereocenters. The first kappa shape index (κ1) is 12.1. The molecule has 0 spiro atoms. The summed E-state index contributed by atoms with van der Waals surface area (Å²) in [5.41, 5.74) is 1.10. The minimum absolute atomic E-state index is 0.127. The lowest BCUT2D eigenvalue weighted by molar-refractivity contribution is 0.603. The molecule has 2 aromatic rings. The average Bonchev–Trinajstić information content (AvgIpc) is 2.63. The van der Waals surface area contributed by atoms with Gasteiger partial charge in [0.1, 0.15) is 11.8 Å². The van der Waals surface area contributed by atoms with Crippen LogP contribution in [0, 0.1) is 24.1 Å². The molecule has 1 aromatic carbocycles. The zero-order valence-electron chi connectivity index (χ0n) is 8.71. The van der Waals surface area contributed by atoms with E-state index in [1.165, 1.54) is 23.0 Å². The van der Waals surface area contributed by atoms with Gasteiger partial charge in [0.2, 0.25) is 0 Å². The summed E-state index contributed by atoms with van der Waals surface area (Å²) in [5, 5.41) is 13.3. The predicted octanol–water partition coefficient (Wildman–Crippen LogP) is 3.61. The van der Waals surface area contributed by atoms with Gasteiger partial charge in [-0.15, -0.1) is 0 Å². The molecule has 1 aromatic heterocycles. The van der Waals surface area contributed by atoms with Crippen LogP contribution in [0.4, 0.5) is 4.39 Å². The van der Waals surface area contributed by atoms with Crippen molar-refractivity contribution in [2.45, 2.75) is 6.92 Å². The lowest BCUT2D eigenvalue weighted by Gasteiger charge is -2.05. The molecule has 0 N–H and O–H groups in total. The molecule has 0 aliphatic rings. The van der Waals surface area contributed by atoms with Gasteiger partial charge in [0.25, 0.3) is 0 Å². The van der Waals surface area contributed by atoms with E-state index in [0.29, 0.717) is 10.7 Å². The first-order chi connectivity index (χ1) is 8.04. The smallest absolute Gasteiger partial charge is 0.164 e. The lowest BCUT2D eigenvalue weighted by atomic mass is 10.2. The molecule has 0 radical (unpaired) electrons. The molecule has 3 nitrogen and oxygen atoms in total. The van der Waals surface area contributed by atoms with Crippen molar-refractivity contribution in [3.63, 3.8) is 0 Å². The van der Waals surface area contributed by atoms with Crippen LogP contribution in [-0.4, -0.2) is 9.78 Å². The lowest BCUT2D eigenvalue weighted by Crippen LogP contribution is -2.00. The fraction of sp³-hybridized carbons (Fsp3) is 0.0909. The van der Waals surface area contributed by atoms with Crippen LogP contribution in [-0.2, 0) is 0 Å². The maximum absolute atomic E-state index is 14.0. The van der Waals surface area contributed by atoms with E-state index in [-0.39, 0.29) is 15.7 Å². The molecule has 0 saturated heterocycles. The Morgan fingerprint density at radius 2 is 2.24 bits per heavy atom. The topological polar surface area (TPSA) is 41.6 Å². The third kappa shape index (κ3) is 2.06. The summed E-state index contributed by atoms with van der Waals surface area (Å²) in [6.07, 6.45) is 1.52. The second kappa shape index (κ2) is 4.47. The number of nitriles is 1. The molecule has 0 fully saturated rings. The molecule has 6 heteroatoms. The second-order valence-electron chi connectivity index (χ2n) is 3.38. The highest BCUT2D eigenvalue weighted by Gasteiger charge is 2.14. The minimum atomic E-state index is -0.539. The molecular weight excluding hydrogens is 308 g/mol. The van der Waals surface area contributed by atoms with Crippen molar-refractivity contribution >= 4 is 27.5 Å². The number of nitrogens with zero attached hydrogens (tertiary/aromatic N) is 3. The third-order valence-electron chi connectivity index (χ3n) is 2.27. The Bertz CT molecular complexity index is 611. The molecule has 0 bridgehead atoms. The first-order valence-electron chi connectivity index (χ1n) is 4.65. The second-order valence-corrected chi connectivity index (χ2v) is 4.58. The molecule has 0 saturated carbocycles. The Labute approximate surface area is 111 Å². The van der Waals surface area contributed by atoms with E-state index < -0.39 is 5.82 Å². The first-order valence-corrected chi connectivity index (χ1v) is 5.82. The van der Waals surface area contributed by atoms with E-state index in [4.69, 9.17) is 16.9 Å². The number of hydrogen-bond acceptors (Lipinski definition) is 2. The molecule has 0 aliphatic carbocycles. The molecule has 86 valence electrons. The van der Waals surface area contributed by atoms with E-state index in [1.807, 2.05) is 6.07 Å². The van der Waals surface area contributed by atoms with Crippen molar-refractivity contribution in [2.24, 2.45) is 0 Å². The van der Waals surface area contributed by atoms with Gasteiger partial charge >= 0.3 is 0 Å². The van der Waals surface area contributed by atoms with E-state index >= 15 is 0 Å². The summed E-state index contributed by atoms with van der Waals surface area (Å²) in [4.78, 5) is 0. The highest BCUT2D eigenvalue weighted by Crippen LogP contribution is 2.26. The predicted molar refractivity (Wildman–Crippen MR) is 65.7 cm³/mol. The number of aryl methyl sites for hydroxylation is 1. The van der Waals surface area contributed by atoms with E-state index in [1.54, 1.807) is 6.92 Å². The fourth-order valence-electron chi connectivity index (χ4n) is 1.36. The van der Waals surface area contributed by atoms with Gasteiger partial charge in [0.15, 0.2) is 5.82 Å². The number of hydrogen-bond donors (Lipinski definition) is 0. The van der Waals surface area contributed by atoms with Crippen molar-refractivity contribution in [2.75, 3.05) is 0 Å². The van der Waals surface area contributed by atoms with Gasteiger partial charge in [-0.3, -0.25) is 0 Å². The molecule has 0 amide bonds. The van der Waals surface area contributed by atoms with Crippen molar-refractivity contribution < 1.29 is 4.39 Å². The van der Waals surface area contributed by atoms with Crippen molar-refractivity contribution in [3.8, 4) is 11.8 Å². The third-order valence-corrected chi connectivity index (χ3v) is 3.41. The molecular formula is C11H6BrClFN3. The van der Waals surface area contributed by atoms with Crippen LogP contribution in [0.5, 0.6) is 0 Å². The zero-order valence-corrected chi connectivity index (χ0v) is 11.0. The number of rotatable bonds is 1. The largest absolute Gasteiger partial charge is 0.236 e. The Hall–Kier alpha value is -1.38. The van der Waals surface area contributed by atoms with Gasteiger partial charge in [-0.2, -0.15) is 10.4 Å². The van der Waals surface area contributed by atoms with Crippen LogP contribution in [0.25, 0.3) is 5.69 Å². The van der Waals surface area contributed by atoms with Crippen LogP contribution in [0.1, 0.15) is 11.3 Å². The summed E-state index contributed by atoms with van der Waals surface area (Å²) < 4.78 is 15.4. The maximum Gasteiger partial charge on any atom is 0.164 e. The number of benzene rings is 1. The number of aromatic nitrogens is 2. The molecule has 17 heavy (non-hydrogen) atoms. The standard InChI is InChI=1S/C11H6BrClFN3/c1-6-8(13)5-17(16-6)9-3-2-7(4-15)10(12)11(9)14/h2-3,5H,1H3. The molecule has 2 rings (SSSR count). The fourth-order valence-corrected chi connectivity index (χ4v) is 1.92. The summed E-state index contributed by atoms with van der Waals surface area (Å²) in [5.74, 6) is -0.539. The van der Waals surface area contributed by atoms with Crippen molar-refractivity contribution in [1.29, 1.82) is 5.26 Å².